The lowest BCUT2D eigenvalue weighted by molar-refractivity contribution is 0.0999. The van der Waals surface area contributed by atoms with Gasteiger partial charge in [-0.3, -0.25) is 4.79 Å². The first-order chi connectivity index (χ1) is 8.70. The van der Waals surface area contributed by atoms with Crippen LogP contribution in [0.3, 0.4) is 0 Å². The predicted molar refractivity (Wildman–Crippen MR) is 73.6 cm³/mol. The summed E-state index contributed by atoms with van der Waals surface area (Å²) in [7, 11) is 0. The Bertz CT molecular complexity index is 543. The average Bonchev–Trinajstić information content (AvgIpc) is 2.40. The molecule has 18 heavy (non-hydrogen) atoms. The van der Waals surface area contributed by atoms with E-state index in [-0.39, 0.29) is 5.91 Å². The molecule has 0 aromatic heterocycles. The number of aryl methyl sites for hydroxylation is 1. The van der Waals surface area contributed by atoms with Crippen LogP contribution in [0.4, 0.5) is 0 Å². The molecular formula is C16H17NO. The molecule has 2 aromatic carbocycles. The highest BCUT2D eigenvalue weighted by Gasteiger charge is 2.07. The van der Waals surface area contributed by atoms with Crippen LogP contribution in [0.2, 0.25) is 0 Å². The van der Waals surface area contributed by atoms with E-state index in [0.717, 1.165) is 18.4 Å². The number of hydrogen-bond donors (Lipinski definition) is 1. The molecule has 0 atom stereocenters. The second-order valence-corrected chi connectivity index (χ2v) is 4.37. The van der Waals surface area contributed by atoms with Crippen molar-refractivity contribution in [2.75, 3.05) is 0 Å². The Labute approximate surface area is 107 Å². The average molecular weight is 239 g/mol. The van der Waals surface area contributed by atoms with Crippen molar-refractivity contribution in [3.63, 3.8) is 0 Å². The summed E-state index contributed by atoms with van der Waals surface area (Å²) in [5, 5.41) is 0. The van der Waals surface area contributed by atoms with E-state index in [4.69, 9.17) is 5.73 Å². The summed E-state index contributed by atoms with van der Waals surface area (Å²) in [4.78, 5) is 11.3. The van der Waals surface area contributed by atoms with Crippen molar-refractivity contribution in [3.05, 3.63) is 70.8 Å². The Hall–Kier alpha value is -2.09. The first-order valence-corrected chi connectivity index (χ1v) is 6.16. The van der Waals surface area contributed by atoms with Crippen molar-refractivity contribution >= 4 is 5.91 Å². The van der Waals surface area contributed by atoms with Gasteiger partial charge in [-0.05, 0) is 35.6 Å². The molecule has 0 saturated heterocycles. The predicted octanol–water partition coefficient (Wildman–Crippen LogP) is 2.94. The minimum Gasteiger partial charge on any atom is -0.366 e. The maximum absolute atomic E-state index is 11.3. The van der Waals surface area contributed by atoms with Crippen molar-refractivity contribution in [1.29, 1.82) is 0 Å². The van der Waals surface area contributed by atoms with Gasteiger partial charge in [0.2, 0.25) is 5.91 Å². The van der Waals surface area contributed by atoms with E-state index in [1.807, 2.05) is 18.2 Å². The summed E-state index contributed by atoms with van der Waals surface area (Å²) in [6.07, 6.45) is 1.78. The molecule has 2 N–H and O–H groups in total. The Balaban J connectivity index is 2.25. The molecule has 2 aromatic rings. The van der Waals surface area contributed by atoms with Gasteiger partial charge in [-0.15, -0.1) is 0 Å². The fraction of sp³-hybridized carbons (Fsp3) is 0.188. The molecule has 2 rings (SSSR count). The lowest BCUT2D eigenvalue weighted by Gasteiger charge is -2.07. The van der Waals surface area contributed by atoms with Crippen molar-refractivity contribution in [2.24, 2.45) is 5.73 Å². The van der Waals surface area contributed by atoms with Crippen LogP contribution in [-0.2, 0) is 12.8 Å². The Morgan fingerprint density at radius 1 is 1.00 bits per heavy atom. The van der Waals surface area contributed by atoms with Crippen LogP contribution >= 0.6 is 0 Å². The molecule has 0 unspecified atom stereocenters. The van der Waals surface area contributed by atoms with E-state index in [9.17, 15) is 4.79 Å². The van der Waals surface area contributed by atoms with Crippen LogP contribution in [-0.4, -0.2) is 5.91 Å². The zero-order chi connectivity index (χ0) is 13.0. The zero-order valence-corrected chi connectivity index (χ0v) is 10.5. The Morgan fingerprint density at radius 2 is 1.61 bits per heavy atom. The first-order valence-electron chi connectivity index (χ1n) is 6.16. The van der Waals surface area contributed by atoms with Crippen LogP contribution in [0.25, 0.3) is 0 Å². The topological polar surface area (TPSA) is 43.1 Å². The fourth-order valence-corrected chi connectivity index (χ4v) is 2.03. The standard InChI is InChI=1S/C16H17NO/c1-2-12-7-9-13(10-8-12)11-14-5-3-4-6-15(14)16(17)18/h3-10H,2,11H2,1H3,(H2,17,18). The van der Waals surface area contributed by atoms with Gasteiger partial charge in [0, 0.05) is 5.56 Å². The van der Waals surface area contributed by atoms with E-state index in [1.54, 1.807) is 6.07 Å². The van der Waals surface area contributed by atoms with Gasteiger partial charge < -0.3 is 5.73 Å². The van der Waals surface area contributed by atoms with Gasteiger partial charge in [0.1, 0.15) is 0 Å². The Kier molecular flexibility index (Phi) is 3.78. The van der Waals surface area contributed by atoms with Gasteiger partial charge in [0.25, 0.3) is 0 Å². The highest BCUT2D eigenvalue weighted by Crippen LogP contribution is 2.15. The van der Waals surface area contributed by atoms with Gasteiger partial charge >= 0.3 is 0 Å². The molecule has 0 fully saturated rings. The molecule has 0 radical (unpaired) electrons. The lowest BCUT2D eigenvalue weighted by Crippen LogP contribution is -2.13. The summed E-state index contributed by atoms with van der Waals surface area (Å²) in [5.41, 5.74) is 9.48. The van der Waals surface area contributed by atoms with Crippen LogP contribution in [0, 0.1) is 0 Å². The third-order valence-electron chi connectivity index (χ3n) is 3.11. The molecule has 1 amide bonds. The van der Waals surface area contributed by atoms with Crippen LogP contribution in [0.1, 0.15) is 34.0 Å². The Morgan fingerprint density at radius 3 is 2.22 bits per heavy atom. The quantitative estimate of drug-likeness (QED) is 0.875. The summed E-state index contributed by atoms with van der Waals surface area (Å²) >= 11 is 0. The number of amides is 1. The van der Waals surface area contributed by atoms with E-state index >= 15 is 0 Å². The largest absolute Gasteiger partial charge is 0.366 e. The van der Waals surface area contributed by atoms with Gasteiger partial charge in [-0.2, -0.15) is 0 Å². The molecule has 0 aliphatic heterocycles. The van der Waals surface area contributed by atoms with Gasteiger partial charge in [-0.25, -0.2) is 0 Å². The monoisotopic (exact) mass is 239 g/mol. The molecule has 0 spiro atoms. The number of primary amides is 1. The number of carbonyl (C=O) groups excluding carboxylic acids is 1. The summed E-state index contributed by atoms with van der Waals surface area (Å²) in [5.74, 6) is -0.365. The highest BCUT2D eigenvalue weighted by molar-refractivity contribution is 5.94. The second-order valence-electron chi connectivity index (χ2n) is 4.37. The molecule has 0 bridgehead atoms. The van der Waals surface area contributed by atoms with E-state index < -0.39 is 0 Å². The van der Waals surface area contributed by atoms with Gasteiger partial charge in [-0.1, -0.05) is 49.4 Å². The third-order valence-corrected chi connectivity index (χ3v) is 3.11. The van der Waals surface area contributed by atoms with Crippen molar-refractivity contribution in [3.8, 4) is 0 Å². The van der Waals surface area contributed by atoms with E-state index in [2.05, 4.69) is 31.2 Å². The molecule has 92 valence electrons. The van der Waals surface area contributed by atoms with Gasteiger partial charge in [0.15, 0.2) is 0 Å². The van der Waals surface area contributed by atoms with E-state index in [1.165, 1.54) is 11.1 Å². The lowest BCUT2D eigenvalue weighted by atomic mass is 9.98. The zero-order valence-electron chi connectivity index (χ0n) is 10.5. The maximum atomic E-state index is 11.3. The van der Waals surface area contributed by atoms with Crippen LogP contribution < -0.4 is 5.73 Å². The molecule has 2 heteroatoms. The normalized spacial score (nSPS) is 10.3. The number of nitrogens with two attached hydrogens (primary N) is 1. The third kappa shape index (κ3) is 2.77. The van der Waals surface area contributed by atoms with Crippen LogP contribution in [0.5, 0.6) is 0 Å². The van der Waals surface area contributed by atoms with E-state index in [0.29, 0.717) is 5.56 Å². The number of benzene rings is 2. The summed E-state index contributed by atoms with van der Waals surface area (Å²) in [6, 6.07) is 16.0. The molecule has 0 aliphatic rings. The smallest absolute Gasteiger partial charge is 0.248 e. The number of carbonyl (C=O) groups is 1. The SMILES string of the molecule is CCc1ccc(Cc2ccccc2C(N)=O)cc1. The summed E-state index contributed by atoms with van der Waals surface area (Å²) in [6.45, 7) is 2.14. The molecular weight excluding hydrogens is 222 g/mol. The minimum atomic E-state index is -0.365. The number of rotatable bonds is 4. The van der Waals surface area contributed by atoms with Crippen molar-refractivity contribution in [2.45, 2.75) is 19.8 Å². The molecule has 2 nitrogen and oxygen atoms in total. The maximum Gasteiger partial charge on any atom is 0.248 e. The highest BCUT2D eigenvalue weighted by atomic mass is 16.1. The summed E-state index contributed by atoms with van der Waals surface area (Å²) < 4.78 is 0. The number of hydrogen-bond acceptors (Lipinski definition) is 1. The van der Waals surface area contributed by atoms with Crippen molar-refractivity contribution in [1.82, 2.24) is 0 Å². The second kappa shape index (κ2) is 5.50. The van der Waals surface area contributed by atoms with Gasteiger partial charge in [0.05, 0.1) is 0 Å². The van der Waals surface area contributed by atoms with Crippen LogP contribution in [0.15, 0.2) is 48.5 Å². The fourth-order valence-electron chi connectivity index (χ4n) is 2.03. The minimum absolute atomic E-state index is 0.365. The first kappa shape index (κ1) is 12.4. The van der Waals surface area contributed by atoms with Crippen molar-refractivity contribution < 1.29 is 4.79 Å². The molecule has 0 heterocycles. The molecule has 0 saturated carbocycles. The molecule has 0 aliphatic carbocycles.